The third-order valence-electron chi connectivity index (χ3n) is 6.42. The first-order valence-electron chi connectivity index (χ1n) is 13.3. The topological polar surface area (TPSA) is 125 Å². The second kappa shape index (κ2) is 13.2. The molecule has 0 radical (unpaired) electrons. The highest BCUT2D eigenvalue weighted by molar-refractivity contribution is 5.69. The molecule has 0 spiro atoms. The van der Waals surface area contributed by atoms with Crippen molar-refractivity contribution in [1.29, 1.82) is 0 Å². The Morgan fingerprint density at radius 2 is 1.98 bits per heavy atom. The lowest BCUT2D eigenvalue weighted by molar-refractivity contribution is -0.188. The zero-order valence-electron chi connectivity index (χ0n) is 22.2. The number of imidazole rings is 1. The first-order chi connectivity index (χ1) is 19.5. The third-order valence-corrected chi connectivity index (χ3v) is 6.42. The molecule has 4 aromatic rings. The van der Waals surface area contributed by atoms with Gasteiger partial charge in [-0.2, -0.15) is 0 Å². The molecule has 1 aliphatic rings. The van der Waals surface area contributed by atoms with Crippen molar-refractivity contribution >= 4 is 5.97 Å². The van der Waals surface area contributed by atoms with Crippen LogP contribution >= 0.6 is 0 Å². The Morgan fingerprint density at radius 3 is 2.73 bits per heavy atom. The number of benzene rings is 1. The average Bonchev–Trinajstić information content (AvgIpc) is 3.63. The van der Waals surface area contributed by atoms with E-state index in [1.165, 1.54) is 0 Å². The number of hydrogen-bond donors (Lipinski definition) is 2. The van der Waals surface area contributed by atoms with Crippen molar-refractivity contribution in [3.63, 3.8) is 0 Å². The second-order valence-corrected chi connectivity index (χ2v) is 9.53. The molecule has 2 atom stereocenters. The quantitative estimate of drug-likeness (QED) is 0.285. The summed E-state index contributed by atoms with van der Waals surface area (Å²) in [6.07, 6.45) is 8.07. The number of ether oxygens (including phenoxy) is 2. The highest BCUT2D eigenvalue weighted by Gasteiger charge is 2.21. The lowest BCUT2D eigenvalue weighted by Gasteiger charge is -2.26. The maximum Gasteiger partial charge on any atom is 0.317 e. The van der Waals surface area contributed by atoms with E-state index in [0.717, 1.165) is 59.8 Å². The van der Waals surface area contributed by atoms with E-state index in [1.54, 1.807) is 12.4 Å². The summed E-state index contributed by atoms with van der Waals surface area (Å²) >= 11 is 0. The van der Waals surface area contributed by atoms with E-state index >= 15 is 0 Å². The lowest BCUT2D eigenvalue weighted by atomic mass is 10.1. The van der Waals surface area contributed by atoms with Crippen molar-refractivity contribution < 1.29 is 23.9 Å². The summed E-state index contributed by atoms with van der Waals surface area (Å²) in [4.78, 5) is 19.4. The van der Waals surface area contributed by atoms with Crippen molar-refractivity contribution in [2.75, 3.05) is 13.2 Å². The summed E-state index contributed by atoms with van der Waals surface area (Å²) in [6, 6.07) is 13.4. The molecule has 10 heteroatoms. The molecule has 10 nitrogen and oxygen atoms in total. The van der Waals surface area contributed by atoms with Gasteiger partial charge in [0.1, 0.15) is 17.6 Å². The van der Waals surface area contributed by atoms with E-state index in [9.17, 15) is 4.79 Å². The average molecular weight is 542 g/mol. The van der Waals surface area contributed by atoms with Crippen LogP contribution in [0.15, 0.2) is 65.6 Å². The number of carbonyl (C=O) groups is 1. The van der Waals surface area contributed by atoms with Gasteiger partial charge in [-0.05, 0) is 62.6 Å². The fourth-order valence-corrected chi connectivity index (χ4v) is 4.38. The molecule has 5 rings (SSSR count). The molecule has 0 bridgehead atoms. The van der Waals surface area contributed by atoms with E-state index in [0.29, 0.717) is 18.8 Å². The van der Waals surface area contributed by atoms with Crippen LogP contribution in [0.2, 0.25) is 0 Å². The van der Waals surface area contributed by atoms with Crippen molar-refractivity contribution in [3.8, 4) is 23.2 Å². The smallest absolute Gasteiger partial charge is 0.317 e. The maximum atomic E-state index is 10.6. The Kier molecular flexibility index (Phi) is 8.98. The number of carboxylic acids is 1. The van der Waals surface area contributed by atoms with Crippen LogP contribution in [-0.4, -0.2) is 50.2 Å². The molecule has 1 aromatic carbocycles. The molecule has 1 fully saturated rings. The summed E-state index contributed by atoms with van der Waals surface area (Å²) in [5, 5.41) is 15.8. The monoisotopic (exact) mass is 541 g/mol. The van der Waals surface area contributed by atoms with Crippen LogP contribution in [0.3, 0.4) is 0 Å². The van der Waals surface area contributed by atoms with E-state index in [1.807, 2.05) is 60.2 Å². The highest BCUT2D eigenvalue weighted by Crippen LogP contribution is 2.25. The van der Waals surface area contributed by atoms with Gasteiger partial charge in [0.25, 0.3) is 0 Å². The molecule has 1 saturated heterocycles. The first-order valence-corrected chi connectivity index (χ1v) is 13.3. The number of carboxylic acid groups (broad SMARTS) is 1. The highest BCUT2D eigenvalue weighted by atomic mass is 16.7. The van der Waals surface area contributed by atoms with Crippen molar-refractivity contribution in [1.82, 2.24) is 25.0 Å². The molecule has 0 amide bonds. The van der Waals surface area contributed by atoms with E-state index < -0.39 is 5.97 Å². The first kappa shape index (κ1) is 27.3. The summed E-state index contributed by atoms with van der Waals surface area (Å²) in [5.74, 6) is 6.83. The summed E-state index contributed by atoms with van der Waals surface area (Å²) in [7, 11) is 0. The largest absolute Gasteiger partial charge is 0.480 e. The van der Waals surface area contributed by atoms with Gasteiger partial charge < -0.3 is 29.0 Å². The van der Waals surface area contributed by atoms with Crippen molar-refractivity contribution in [2.24, 2.45) is 0 Å². The van der Waals surface area contributed by atoms with E-state index in [-0.39, 0.29) is 18.9 Å². The molecule has 1 aliphatic heterocycles. The van der Waals surface area contributed by atoms with Gasteiger partial charge in [-0.15, -0.1) is 0 Å². The Labute approximate surface area is 232 Å². The Hall–Kier alpha value is -4.30. The molecule has 4 heterocycles. The van der Waals surface area contributed by atoms with Gasteiger partial charge in [0.05, 0.1) is 18.8 Å². The van der Waals surface area contributed by atoms with Crippen molar-refractivity contribution in [2.45, 2.75) is 51.7 Å². The van der Waals surface area contributed by atoms with Crippen LogP contribution in [-0.2, 0) is 27.4 Å². The fourth-order valence-electron chi connectivity index (χ4n) is 4.38. The molecule has 2 unspecified atom stereocenters. The van der Waals surface area contributed by atoms with Crippen LogP contribution in [0.4, 0.5) is 0 Å². The van der Waals surface area contributed by atoms with Gasteiger partial charge in [-0.3, -0.25) is 9.78 Å². The Bertz CT molecular complexity index is 1460. The molecule has 2 N–H and O–H groups in total. The summed E-state index contributed by atoms with van der Waals surface area (Å²) < 4.78 is 19.4. The summed E-state index contributed by atoms with van der Waals surface area (Å²) in [6.45, 7) is 3.53. The minimum atomic E-state index is -0.901. The normalized spacial score (nSPS) is 15.8. The minimum absolute atomic E-state index is 0.106. The fraction of sp³-hybridized carbons (Fsp3) is 0.333. The predicted octanol–water partition coefficient (Wildman–Crippen LogP) is 4.16. The van der Waals surface area contributed by atoms with E-state index in [2.05, 4.69) is 32.3 Å². The van der Waals surface area contributed by atoms with Gasteiger partial charge >= 0.3 is 5.97 Å². The van der Waals surface area contributed by atoms with Crippen LogP contribution in [0, 0.1) is 11.8 Å². The number of hydrogen-bond acceptors (Lipinski definition) is 8. The van der Waals surface area contributed by atoms with Crippen LogP contribution in [0.1, 0.15) is 60.6 Å². The van der Waals surface area contributed by atoms with Crippen LogP contribution in [0.25, 0.3) is 11.3 Å². The van der Waals surface area contributed by atoms with Gasteiger partial charge in [0.2, 0.25) is 0 Å². The number of aliphatic carboxylic acids is 1. The van der Waals surface area contributed by atoms with E-state index in [4.69, 9.17) is 19.1 Å². The molecule has 3 aromatic heterocycles. The number of rotatable bonds is 10. The van der Waals surface area contributed by atoms with Gasteiger partial charge in [0.15, 0.2) is 12.1 Å². The lowest BCUT2D eigenvalue weighted by Crippen LogP contribution is -2.24. The molecular weight excluding hydrogens is 510 g/mol. The maximum absolute atomic E-state index is 10.6. The summed E-state index contributed by atoms with van der Waals surface area (Å²) in [5.41, 5.74) is 4.07. The number of nitrogens with zero attached hydrogens (tertiary/aromatic N) is 4. The van der Waals surface area contributed by atoms with Gasteiger partial charge in [-0.25, -0.2) is 4.98 Å². The molecule has 0 aliphatic carbocycles. The van der Waals surface area contributed by atoms with Gasteiger partial charge in [-0.1, -0.05) is 17.0 Å². The molecule has 0 saturated carbocycles. The Morgan fingerprint density at radius 1 is 1.15 bits per heavy atom. The molecule has 206 valence electrons. The molecular formula is C30H31N5O5. The van der Waals surface area contributed by atoms with Crippen molar-refractivity contribution in [3.05, 3.63) is 89.4 Å². The van der Waals surface area contributed by atoms with Crippen LogP contribution in [0.5, 0.6) is 0 Å². The Balaban J connectivity index is 1.17. The minimum Gasteiger partial charge on any atom is -0.480 e. The number of nitrogens with one attached hydrogen (secondary N) is 1. The van der Waals surface area contributed by atoms with Gasteiger partial charge in [0, 0.05) is 54.5 Å². The third kappa shape index (κ3) is 7.42. The standard InChI is InChI=1S/C30H31N5O5/c1-21(39-29-4-2-3-15-38-29)30-32-13-14-35(30)20-26-16-27(40-34-26)24-10-7-22(8-11-24)5-6-23-9-12-25(33-17-23)18-31-19-28(36)37/h7-14,16-17,21,29,31H,2-4,15,18-20H2,1H3,(H,36,37). The molecule has 40 heavy (non-hydrogen) atoms. The SMILES string of the molecule is CC(OC1CCCCO1)c1nccn1Cc1cc(-c2ccc(C#Cc3ccc(CNCC(=O)O)nc3)cc2)on1. The second-order valence-electron chi connectivity index (χ2n) is 9.53. The zero-order valence-corrected chi connectivity index (χ0v) is 22.2. The number of aromatic nitrogens is 4. The number of pyridine rings is 1. The predicted molar refractivity (Wildman–Crippen MR) is 146 cm³/mol. The van der Waals surface area contributed by atoms with Crippen LogP contribution < -0.4 is 5.32 Å². The zero-order chi connectivity index (χ0) is 27.7.